The van der Waals surface area contributed by atoms with Gasteiger partial charge in [-0.15, -0.1) is 0 Å². The van der Waals surface area contributed by atoms with E-state index in [1.165, 1.54) is 5.56 Å². The first kappa shape index (κ1) is 9.71. The smallest absolute Gasteiger partial charge is 0.0300 e. The third kappa shape index (κ3) is 2.93. The molecule has 1 unspecified atom stereocenters. The first-order valence-electron chi connectivity index (χ1n) is 4.30. The van der Waals surface area contributed by atoms with E-state index in [1.54, 1.807) is 11.3 Å². The van der Waals surface area contributed by atoms with Crippen LogP contribution in [-0.4, -0.2) is 13.1 Å². The minimum absolute atomic E-state index is 0.461. The molecule has 0 aliphatic heterocycles. The van der Waals surface area contributed by atoms with Crippen LogP contribution < -0.4 is 11.1 Å². The molecule has 12 heavy (non-hydrogen) atoms. The van der Waals surface area contributed by atoms with E-state index in [0.29, 0.717) is 6.04 Å². The molecule has 3 N–H and O–H groups in total. The molecule has 0 aliphatic carbocycles. The number of thiophene rings is 1. The van der Waals surface area contributed by atoms with E-state index in [0.717, 1.165) is 19.5 Å². The van der Waals surface area contributed by atoms with Crippen molar-refractivity contribution in [3.63, 3.8) is 0 Å². The molecular weight excluding hydrogens is 168 g/mol. The minimum Gasteiger partial charge on any atom is -0.330 e. The van der Waals surface area contributed by atoms with Gasteiger partial charge in [0.1, 0.15) is 0 Å². The summed E-state index contributed by atoms with van der Waals surface area (Å²) >= 11 is 1.74. The molecule has 0 bridgehead atoms. The summed E-state index contributed by atoms with van der Waals surface area (Å²) in [7, 11) is 0. The zero-order chi connectivity index (χ0) is 8.81. The third-order valence-electron chi connectivity index (χ3n) is 1.87. The van der Waals surface area contributed by atoms with Crippen molar-refractivity contribution in [2.75, 3.05) is 13.1 Å². The Morgan fingerprint density at radius 1 is 1.67 bits per heavy atom. The van der Waals surface area contributed by atoms with Crippen molar-refractivity contribution in [2.24, 2.45) is 5.73 Å². The average Bonchev–Trinajstić information content (AvgIpc) is 2.56. The molecule has 0 fully saturated rings. The van der Waals surface area contributed by atoms with Gasteiger partial charge in [0.25, 0.3) is 0 Å². The Balaban J connectivity index is 2.25. The Bertz CT molecular complexity index is 196. The van der Waals surface area contributed by atoms with E-state index in [4.69, 9.17) is 5.73 Å². The second-order valence-electron chi connectivity index (χ2n) is 2.87. The molecule has 1 aromatic heterocycles. The molecular formula is C9H16N2S. The van der Waals surface area contributed by atoms with Crippen molar-refractivity contribution in [3.8, 4) is 0 Å². The van der Waals surface area contributed by atoms with E-state index in [1.807, 2.05) is 0 Å². The zero-order valence-corrected chi connectivity index (χ0v) is 8.23. The average molecular weight is 184 g/mol. The lowest BCUT2D eigenvalue weighted by atomic mass is 10.2. The fourth-order valence-corrected chi connectivity index (χ4v) is 1.81. The molecule has 1 aromatic rings. The summed E-state index contributed by atoms with van der Waals surface area (Å²) < 4.78 is 0. The topological polar surface area (TPSA) is 38.0 Å². The predicted octanol–water partition coefficient (Wildman–Crippen LogP) is 1.75. The number of hydrogen-bond acceptors (Lipinski definition) is 3. The van der Waals surface area contributed by atoms with Gasteiger partial charge in [0.05, 0.1) is 0 Å². The van der Waals surface area contributed by atoms with Crippen LogP contribution in [0.4, 0.5) is 0 Å². The van der Waals surface area contributed by atoms with Crippen LogP contribution in [0, 0.1) is 0 Å². The summed E-state index contributed by atoms with van der Waals surface area (Å²) in [6.45, 7) is 3.95. The normalized spacial score (nSPS) is 13.2. The van der Waals surface area contributed by atoms with Gasteiger partial charge in [-0.25, -0.2) is 0 Å². The maximum absolute atomic E-state index is 5.40. The Kier molecular flexibility index (Phi) is 4.29. The van der Waals surface area contributed by atoms with Crippen molar-refractivity contribution in [1.82, 2.24) is 5.32 Å². The zero-order valence-electron chi connectivity index (χ0n) is 7.42. The maximum atomic E-state index is 5.40. The molecule has 1 rings (SSSR count). The fraction of sp³-hybridized carbons (Fsp3) is 0.556. The van der Waals surface area contributed by atoms with Crippen LogP contribution in [0.15, 0.2) is 16.8 Å². The van der Waals surface area contributed by atoms with Crippen LogP contribution in [0.1, 0.15) is 24.9 Å². The van der Waals surface area contributed by atoms with Crippen LogP contribution in [-0.2, 0) is 0 Å². The molecule has 1 heterocycles. The second kappa shape index (κ2) is 5.30. The van der Waals surface area contributed by atoms with Crippen molar-refractivity contribution in [1.29, 1.82) is 0 Å². The number of rotatable bonds is 5. The number of nitrogens with one attached hydrogen (secondary N) is 1. The Labute approximate surface area is 77.8 Å². The van der Waals surface area contributed by atoms with Crippen molar-refractivity contribution < 1.29 is 0 Å². The molecule has 1 atom stereocenters. The van der Waals surface area contributed by atoms with Crippen molar-refractivity contribution in [2.45, 2.75) is 19.4 Å². The maximum Gasteiger partial charge on any atom is 0.0300 e. The van der Waals surface area contributed by atoms with Crippen molar-refractivity contribution >= 4 is 11.3 Å². The molecule has 0 spiro atoms. The fourth-order valence-electron chi connectivity index (χ4n) is 1.06. The van der Waals surface area contributed by atoms with Gasteiger partial charge in [-0.05, 0) is 48.8 Å². The lowest BCUT2D eigenvalue weighted by molar-refractivity contribution is 0.563. The summed E-state index contributed by atoms with van der Waals surface area (Å²) in [5.74, 6) is 0. The molecule has 68 valence electrons. The lowest BCUT2D eigenvalue weighted by Gasteiger charge is -2.11. The summed E-state index contributed by atoms with van der Waals surface area (Å²) in [5, 5.41) is 7.70. The second-order valence-corrected chi connectivity index (χ2v) is 3.65. The number of hydrogen-bond donors (Lipinski definition) is 2. The van der Waals surface area contributed by atoms with Gasteiger partial charge in [-0.2, -0.15) is 11.3 Å². The summed E-state index contributed by atoms with van der Waals surface area (Å²) in [5.41, 5.74) is 6.77. The summed E-state index contributed by atoms with van der Waals surface area (Å²) in [6.07, 6.45) is 1.05. The first-order valence-corrected chi connectivity index (χ1v) is 5.24. The summed E-state index contributed by atoms with van der Waals surface area (Å²) in [6, 6.07) is 2.62. The molecule has 0 radical (unpaired) electrons. The van der Waals surface area contributed by atoms with E-state index in [9.17, 15) is 0 Å². The first-order chi connectivity index (χ1) is 5.84. The predicted molar refractivity (Wildman–Crippen MR) is 54.4 cm³/mol. The van der Waals surface area contributed by atoms with Crippen LogP contribution in [0.25, 0.3) is 0 Å². The Morgan fingerprint density at radius 3 is 3.08 bits per heavy atom. The van der Waals surface area contributed by atoms with E-state index < -0.39 is 0 Å². The molecule has 2 nitrogen and oxygen atoms in total. The Hall–Kier alpha value is -0.380. The van der Waals surface area contributed by atoms with Crippen LogP contribution in [0.3, 0.4) is 0 Å². The highest BCUT2D eigenvalue weighted by atomic mass is 32.1. The van der Waals surface area contributed by atoms with Gasteiger partial charge < -0.3 is 11.1 Å². The largest absolute Gasteiger partial charge is 0.330 e. The molecule has 0 aliphatic rings. The highest BCUT2D eigenvalue weighted by molar-refractivity contribution is 7.07. The quantitative estimate of drug-likeness (QED) is 0.684. The van der Waals surface area contributed by atoms with Gasteiger partial charge in [-0.3, -0.25) is 0 Å². The van der Waals surface area contributed by atoms with Crippen LogP contribution in [0.5, 0.6) is 0 Å². The van der Waals surface area contributed by atoms with Gasteiger partial charge in [0.2, 0.25) is 0 Å². The SMILES string of the molecule is CC(NCCCN)c1ccsc1. The van der Waals surface area contributed by atoms with E-state index >= 15 is 0 Å². The molecule has 0 aromatic carbocycles. The van der Waals surface area contributed by atoms with E-state index in [-0.39, 0.29) is 0 Å². The standard InChI is InChI=1S/C9H16N2S/c1-8(11-5-2-4-10)9-3-6-12-7-9/h3,6-8,11H,2,4-5,10H2,1H3. The highest BCUT2D eigenvalue weighted by Gasteiger charge is 2.02. The van der Waals surface area contributed by atoms with Gasteiger partial charge >= 0.3 is 0 Å². The molecule has 0 amide bonds. The molecule has 0 saturated carbocycles. The number of nitrogens with two attached hydrogens (primary N) is 1. The minimum atomic E-state index is 0.461. The van der Waals surface area contributed by atoms with E-state index in [2.05, 4.69) is 29.1 Å². The van der Waals surface area contributed by atoms with Crippen molar-refractivity contribution in [3.05, 3.63) is 22.4 Å². The monoisotopic (exact) mass is 184 g/mol. The third-order valence-corrected chi connectivity index (χ3v) is 2.58. The molecule has 3 heteroatoms. The van der Waals surface area contributed by atoms with Gasteiger partial charge in [0.15, 0.2) is 0 Å². The van der Waals surface area contributed by atoms with Crippen LogP contribution in [0.2, 0.25) is 0 Å². The van der Waals surface area contributed by atoms with Crippen LogP contribution >= 0.6 is 11.3 Å². The lowest BCUT2D eigenvalue weighted by Crippen LogP contribution is -2.21. The van der Waals surface area contributed by atoms with Gasteiger partial charge in [0, 0.05) is 6.04 Å². The van der Waals surface area contributed by atoms with Gasteiger partial charge in [-0.1, -0.05) is 0 Å². The highest BCUT2D eigenvalue weighted by Crippen LogP contribution is 2.14. The Morgan fingerprint density at radius 2 is 2.50 bits per heavy atom. The molecule has 0 saturated heterocycles. The summed E-state index contributed by atoms with van der Waals surface area (Å²) in [4.78, 5) is 0.